The summed E-state index contributed by atoms with van der Waals surface area (Å²) in [7, 11) is 0. The van der Waals surface area contributed by atoms with Gasteiger partial charge in [-0.25, -0.2) is 0 Å². The van der Waals surface area contributed by atoms with Gasteiger partial charge in [-0.3, -0.25) is 14.6 Å². The molecule has 3 rings (SSSR count). The Morgan fingerprint density at radius 2 is 1.86 bits per heavy atom. The first kappa shape index (κ1) is 14.2. The molecule has 1 saturated heterocycles. The number of hydrogen-bond acceptors (Lipinski definition) is 6. The number of aromatic nitrogens is 3. The first-order valence-corrected chi connectivity index (χ1v) is 6.95. The molecule has 0 atom stereocenters. The fraction of sp³-hybridized carbons (Fsp3) is 0.357. The van der Waals surface area contributed by atoms with Crippen LogP contribution in [0.4, 0.5) is 0 Å². The Kier molecular flexibility index (Phi) is 3.82. The third-order valence-electron chi connectivity index (χ3n) is 3.52. The van der Waals surface area contributed by atoms with Crippen LogP contribution in [0, 0.1) is 0 Å². The molecule has 2 aromatic rings. The molecule has 114 valence electrons. The summed E-state index contributed by atoms with van der Waals surface area (Å²) in [6.45, 7) is 3.47. The van der Waals surface area contributed by atoms with Crippen molar-refractivity contribution in [2.24, 2.45) is 0 Å². The molecule has 3 heterocycles. The van der Waals surface area contributed by atoms with Gasteiger partial charge in [-0.2, -0.15) is 4.98 Å². The molecule has 1 aliphatic heterocycles. The van der Waals surface area contributed by atoms with E-state index in [0.717, 1.165) is 0 Å². The summed E-state index contributed by atoms with van der Waals surface area (Å²) in [6, 6.07) is 5.33. The average Bonchev–Trinajstić information content (AvgIpc) is 3.05. The Hall–Kier alpha value is -2.77. The summed E-state index contributed by atoms with van der Waals surface area (Å²) in [5.74, 6) is -0.0801. The number of nitrogens with zero attached hydrogens (tertiary/aromatic N) is 5. The Balaban J connectivity index is 1.69. The van der Waals surface area contributed by atoms with E-state index in [-0.39, 0.29) is 23.5 Å². The molecule has 1 fully saturated rings. The monoisotopic (exact) mass is 301 g/mol. The van der Waals surface area contributed by atoms with Crippen LogP contribution in [0.1, 0.15) is 17.6 Å². The molecule has 0 aromatic carbocycles. The third kappa shape index (κ3) is 2.80. The molecule has 8 heteroatoms. The van der Waals surface area contributed by atoms with Crippen LogP contribution in [-0.2, 0) is 4.79 Å². The van der Waals surface area contributed by atoms with Crippen molar-refractivity contribution < 1.29 is 14.1 Å². The number of carbonyl (C=O) groups excluding carboxylic acids is 2. The molecule has 22 heavy (non-hydrogen) atoms. The zero-order chi connectivity index (χ0) is 15.5. The van der Waals surface area contributed by atoms with Crippen molar-refractivity contribution in [1.82, 2.24) is 24.9 Å². The Bertz CT molecular complexity index is 677. The highest BCUT2D eigenvalue weighted by molar-refractivity contribution is 5.90. The lowest BCUT2D eigenvalue weighted by atomic mass is 10.3. The highest BCUT2D eigenvalue weighted by Crippen LogP contribution is 2.14. The van der Waals surface area contributed by atoms with Crippen LogP contribution >= 0.6 is 0 Å². The summed E-state index contributed by atoms with van der Waals surface area (Å²) < 4.78 is 5.04. The first-order valence-electron chi connectivity index (χ1n) is 6.95. The lowest BCUT2D eigenvalue weighted by molar-refractivity contribution is -0.130. The van der Waals surface area contributed by atoms with Crippen molar-refractivity contribution in [1.29, 1.82) is 0 Å². The Morgan fingerprint density at radius 3 is 2.50 bits per heavy atom. The molecule has 0 radical (unpaired) electrons. The zero-order valence-electron chi connectivity index (χ0n) is 12.1. The smallest absolute Gasteiger partial charge is 0.316 e. The predicted octanol–water partition coefficient (Wildman–Crippen LogP) is 0.436. The summed E-state index contributed by atoms with van der Waals surface area (Å²) in [6.07, 6.45) is 1.62. The molecular weight excluding hydrogens is 286 g/mol. The van der Waals surface area contributed by atoms with E-state index >= 15 is 0 Å². The molecule has 0 spiro atoms. The van der Waals surface area contributed by atoms with Gasteiger partial charge < -0.3 is 14.3 Å². The maximum Gasteiger partial charge on any atom is 0.316 e. The van der Waals surface area contributed by atoms with E-state index in [1.165, 1.54) is 6.92 Å². The van der Waals surface area contributed by atoms with Crippen LogP contribution in [0.2, 0.25) is 0 Å². The topological polar surface area (TPSA) is 92.4 Å². The van der Waals surface area contributed by atoms with Gasteiger partial charge in [-0.15, -0.1) is 0 Å². The van der Waals surface area contributed by atoms with Crippen LogP contribution < -0.4 is 0 Å². The predicted molar refractivity (Wildman–Crippen MR) is 75.7 cm³/mol. The van der Waals surface area contributed by atoms with Crippen LogP contribution in [-0.4, -0.2) is 62.9 Å². The first-order chi connectivity index (χ1) is 10.6. The molecule has 8 nitrogen and oxygen atoms in total. The van der Waals surface area contributed by atoms with E-state index in [9.17, 15) is 9.59 Å². The second-order valence-electron chi connectivity index (χ2n) is 4.94. The quantitative estimate of drug-likeness (QED) is 0.799. The lowest BCUT2D eigenvalue weighted by Gasteiger charge is -2.33. The Labute approximate surface area is 126 Å². The maximum atomic E-state index is 12.3. The average molecular weight is 301 g/mol. The molecule has 0 aliphatic carbocycles. The van der Waals surface area contributed by atoms with E-state index in [2.05, 4.69) is 15.1 Å². The number of carbonyl (C=O) groups is 2. The van der Waals surface area contributed by atoms with Gasteiger partial charge in [0.15, 0.2) is 0 Å². The molecule has 1 aliphatic rings. The highest BCUT2D eigenvalue weighted by Gasteiger charge is 2.27. The SMILES string of the molecule is CC(=O)N1CCN(C(=O)c2nc(-c3ccccn3)no2)CC1. The van der Waals surface area contributed by atoms with Gasteiger partial charge in [0, 0.05) is 39.3 Å². The fourth-order valence-electron chi connectivity index (χ4n) is 2.27. The normalized spacial score (nSPS) is 15.0. The lowest BCUT2D eigenvalue weighted by Crippen LogP contribution is -2.50. The van der Waals surface area contributed by atoms with E-state index in [1.54, 1.807) is 34.2 Å². The molecule has 0 bridgehead atoms. The molecule has 2 amide bonds. The minimum atomic E-state index is -0.321. The minimum Gasteiger partial charge on any atom is -0.339 e. The number of pyridine rings is 1. The van der Waals surface area contributed by atoms with E-state index in [0.29, 0.717) is 31.9 Å². The van der Waals surface area contributed by atoms with Gasteiger partial charge in [0.1, 0.15) is 5.69 Å². The molecule has 0 saturated carbocycles. The van der Waals surface area contributed by atoms with Crippen molar-refractivity contribution in [2.75, 3.05) is 26.2 Å². The van der Waals surface area contributed by atoms with Crippen molar-refractivity contribution in [3.05, 3.63) is 30.3 Å². The summed E-state index contributed by atoms with van der Waals surface area (Å²) in [4.78, 5) is 35.1. The molecule has 0 unspecified atom stereocenters. The van der Waals surface area contributed by atoms with Gasteiger partial charge >= 0.3 is 11.8 Å². The van der Waals surface area contributed by atoms with Crippen LogP contribution in [0.15, 0.2) is 28.9 Å². The highest BCUT2D eigenvalue weighted by atomic mass is 16.5. The van der Waals surface area contributed by atoms with Gasteiger partial charge in [0.05, 0.1) is 0 Å². The number of piperazine rings is 1. The van der Waals surface area contributed by atoms with Crippen molar-refractivity contribution in [2.45, 2.75) is 6.92 Å². The van der Waals surface area contributed by atoms with Crippen molar-refractivity contribution in [3.63, 3.8) is 0 Å². The second kappa shape index (κ2) is 5.92. The van der Waals surface area contributed by atoms with Crippen LogP contribution in [0.25, 0.3) is 11.5 Å². The van der Waals surface area contributed by atoms with Crippen molar-refractivity contribution >= 4 is 11.8 Å². The zero-order valence-corrected chi connectivity index (χ0v) is 12.1. The largest absolute Gasteiger partial charge is 0.339 e. The maximum absolute atomic E-state index is 12.3. The Morgan fingerprint density at radius 1 is 1.14 bits per heavy atom. The van der Waals surface area contributed by atoms with Gasteiger partial charge in [-0.05, 0) is 12.1 Å². The third-order valence-corrected chi connectivity index (χ3v) is 3.52. The second-order valence-corrected chi connectivity index (χ2v) is 4.94. The van der Waals surface area contributed by atoms with Gasteiger partial charge in [0.2, 0.25) is 11.7 Å². The standard InChI is InChI=1S/C14H15N5O3/c1-10(20)18-6-8-19(9-7-18)14(21)13-16-12(17-22-13)11-4-2-3-5-15-11/h2-5H,6-9H2,1H3. The number of rotatable bonds is 2. The number of amides is 2. The van der Waals surface area contributed by atoms with Crippen LogP contribution in [0.5, 0.6) is 0 Å². The fourth-order valence-corrected chi connectivity index (χ4v) is 2.27. The number of hydrogen-bond donors (Lipinski definition) is 0. The molecule has 2 aromatic heterocycles. The summed E-state index contributed by atoms with van der Waals surface area (Å²) in [5.41, 5.74) is 0.548. The van der Waals surface area contributed by atoms with Gasteiger partial charge in [-0.1, -0.05) is 11.2 Å². The summed E-state index contributed by atoms with van der Waals surface area (Å²) in [5, 5.41) is 3.78. The molecular formula is C14H15N5O3. The van der Waals surface area contributed by atoms with Gasteiger partial charge in [0.25, 0.3) is 0 Å². The molecule has 0 N–H and O–H groups in total. The van der Waals surface area contributed by atoms with E-state index in [4.69, 9.17) is 4.52 Å². The minimum absolute atomic E-state index is 0.0160. The summed E-state index contributed by atoms with van der Waals surface area (Å²) >= 11 is 0. The van der Waals surface area contributed by atoms with Crippen molar-refractivity contribution in [3.8, 4) is 11.5 Å². The van der Waals surface area contributed by atoms with E-state index in [1.807, 2.05) is 0 Å². The van der Waals surface area contributed by atoms with E-state index < -0.39 is 0 Å². The van der Waals surface area contributed by atoms with Crippen LogP contribution in [0.3, 0.4) is 0 Å².